The normalized spacial score (nSPS) is 26.3. The predicted octanol–water partition coefficient (Wildman–Crippen LogP) is 2.64. The van der Waals surface area contributed by atoms with E-state index in [0.29, 0.717) is 24.9 Å². The van der Waals surface area contributed by atoms with E-state index in [1.54, 1.807) is 10.9 Å². The zero-order chi connectivity index (χ0) is 15.8. The summed E-state index contributed by atoms with van der Waals surface area (Å²) < 4.78 is 8.04. The van der Waals surface area contributed by atoms with Crippen LogP contribution in [0, 0.1) is 11.8 Å². The van der Waals surface area contributed by atoms with E-state index in [4.69, 9.17) is 9.84 Å². The van der Waals surface area contributed by atoms with Gasteiger partial charge in [0.25, 0.3) is 0 Å². The molecule has 1 aromatic carbocycles. The maximum Gasteiger partial charge on any atom is 0.407 e. The lowest BCUT2D eigenvalue weighted by molar-refractivity contribution is 0.144. The topological polar surface area (TPSA) is 67.6 Å². The minimum absolute atomic E-state index is 0.151. The molecule has 1 saturated heterocycles. The van der Waals surface area contributed by atoms with Crippen LogP contribution >= 0.6 is 0 Å². The molecule has 0 radical (unpaired) electrons. The number of likely N-dealkylation sites (tertiary alicyclic amines) is 1. The van der Waals surface area contributed by atoms with Gasteiger partial charge in [0.05, 0.1) is 6.10 Å². The highest BCUT2D eigenvalue weighted by Crippen LogP contribution is 2.40. The molecule has 2 atom stereocenters. The molecule has 2 aliphatic rings. The highest BCUT2D eigenvalue weighted by atomic mass is 16.5. The number of hydrogen-bond donors (Lipinski definition) is 1. The van der Waals surface area contributed by atoms with Crippen LogP contribution in [0.2, 0.25) is 0 Å². The standard InChI is InChI=1S/C17H19N3O3/c21-17(22)19-10-12-8-14(9-13(12)11-19)23-16-5-2-1-4-15(16)20-7-3-6-18-20/h1-7,12-14H,8-11H2,(H,21,22). The van der Waals surface area contributed by atoms with Crippen molar-refractivity contribution in [2.75, 3.05) is 13.1 Å². The summed E-state index contributed by atoms with van der Waals surface area (Å²) in [5, 5.41) is 13.4. The van der Waals surface area contributed by atoms with Crippen molar-refractivity contribution in [1.29, 1.82) is 0 Å². The Kier molecular flexibility index (Phi) is 3.44. The lowest BCUT2D eigenvalue weighted by atomic mass is 10.0. The molecular weight excluding hydrogens is 294 g/mol. The van der Waals surface area contributed by atoms with Crippen LogP contribution in [-0.2, 0) is 0 Å². The third kappa shape index (κ3) is 2.65. The molecule has 4 rings (SSSR count). The van der Waals surface area contributed by atoms with Gasteiger partial charge in [0.1, 0.15) is 11.4 Å². The second-order valence-corrected chi connectivity index (χ2v) is 6.34. The molecule has 2 fully saturated rings. The van der Waals surface area contributed by atoms with Gasteiger partial charge in [-0.05, 0) is 42.9 Å². The van der Waals surface area contributed by atoms with Gasteiger partial charge < -0.3 is 14.7 Å². The molecule has 2 heterocycles. The van der Waals surface area contributed by atoms with Crippen molar-refractivity contribution < 1.29 is 14.6 Å². The molecule has 1 aliphatic carbocycles. The fourth-order valence-corrected chi connectivity index (χ4v) is 3.83. The summed E-state index contributed by atoms with van der Waals surface area (Å²) in [5.41, 5.74) is 0.932. The van der Waals surface area contributed by atoms with Crippen LogP contribution in [0.15, 0.2) is 42.7 Å². The fourth-order valence-electron chi connectivity index (χ4n) is 3.83. The summed E-state index contributed by atoms with van der Waals surface area (Å²) in [7, 11) is 0. The molecule has 2 aromatic rings. The largest absolute Gasteiger partial charge is 0.488 e. The van der Waals surface area contributed by atoms with Crippen LogP contribution < -0.4 is 4.74 Å². The second-order valence-electron chi connectivity index (χ2n) is 6.34. The Balaban J connectivity index is 1.46. The molecule has 1 aromatic heterocycles. The van der Waals surface area contributed by atoms with E-state index >= 15 is 0 Å². The molecular formula is C17H19N3O3. The van der Waals surface area contributed by atoms with Gasteiger partial charge in [-0.15, -0.1) is 0 Å². The Morgan fingerprint density at radius 1 is 1.17 bits per heavy atom. The van der Waals surface area contributed by atoms with E-state index < -0.39 is 6.09 Å². The summed E-state index contributed by atoms with van der Waals surface area (Å²) in [6.07, 6.45) is 4.83. The number of nitrogens with zero attached hydrogens (tertiary/aromatic N) is 3. The van der Waals surface area contributed by atoms with E-state index in [2.05, 4.69) is 5.10 Å². The van der Waals surface area contributed by atoms with Crippen molar-refractivity contribution >= 4 is 6.09 Å². The SMILES string of the molecule is O=C(O)N1CC2CC(Oc3ccccc3-n3cccn3)CC2C1. The number of ether oxygens (including phenoxy) is 1. The van der Waals surface area contributed by atoms with Gasteiger partial charge in [0.15, 0.2) is 0 Å². The maximum atomic E-state index is 11.1. The molecule has 6 nitrogen and oxygen atoms in total. The molecule has 6 heteroatoms. The summed E-state index contributed by atoms with van der Waals surface area (Å²) in [4.78, 5) is 12.6. The van der Waals surface area contributed by atoms with Crippen molar-refractivity contribution in [3.8, 4) is 11.4 Å². The van der Waals surface area contributed by atoms with Crippen molar-refractivity contribution in [3.05, 3.63) is 42.7 Å². The number of carbonyl (C=O) groups is 1. The van der Waals surface area contributed by atoms with E-state index in [1.807, 2.05) is 36.5 Å². The quantitative estimate of drug-likeness (QED) is 0.946. The molecule has 1 saturated carbocycles. The van der Waals surface area contributed by atoms with Gasteiger partial charge in [-0.25, -0.2) is 9.48 Å². The van der Waals surface area contributed by atoms with Gasteiger partial charge in [-0.3, -0.25) is 0 Å². The summed E-state index contributed by atoms with van der Waals surface area (Å²) in [6.45, 7) is 1.28. The van der Waals surface area contributed by atoms with Gasteiger partial charge >= 0.3 is 6.09 Å². The minimum atomic E-state index is -0.805. The van der Waals surface area contributed by atoms with E-state index in [0.717, 1.165) is 24.3 Å². The third-order valence-corrected chi connectivity index (χ3v) is 4.89. The Labute approximate surface area is 134 Å². The summed E-state index contributed by atoms with van der Waals surface area (Å²) >= 11 is 0. The summed E-state index contributed by atoms with van der Waals surface area (Å²) in [5.74, 6) is 1.68. The molecule has 0 bridgehead atoms. The Hall–Kier alpha value is -2.50. The van der Waals surface area contributed by atoms with Crippen molar-refractivity contribution in [3.63, 3.8) is 0 Å². The molecule has 1 aliphatic heterocycles. The first-order chi connectivity index (χ1) is 11.2. The van der Waals surface area contributed by atoms with Crippen molar-refractivity contribution in [1.82, 2.24) is 14.7 Å². The van der Waals surface area contributed by atoms with Crippen molar-refractivity contribution in [2.45, 2.75) is 18.9 Å². The van der Waals surface area contributed by atoms with Crippen LogP contribution in [0.3, 0.4) is 0 Å². The number of hydrogen-bond acceptors (Lipinski definition) is 3. The van der Waals surface area contributed by atoms with Gasteiger partial charge in [-0.2, -0.15) is 5.10 Å². The first-order valence-corrected chi connectivity index (χ1v) is 7.94. The fraction of sp³-hybridized carbons (Fsp3) is 0.412. The number of amides is 1. The number of para-hydroxylation sites is 2. The predicted molar refractivity (Wildman–Crippen MR) is 83.8 cm³/mol. The molecule has 1 amide bonds. The first-order valence-electron chi connectivity index (χ1n) is 7.94. The highest BCUT2D eigenvalue weighted by Gasteiger charge is 2.43. The number of benzene rings is 1. The lowest BCUT2D eigenvalue weighted by Crippen LogP contribution is -2.29. The van der Waals surface area contributed by atoms with E-state index in [9.17, 15) is 4.79 Å². The van der Waals surface area contributed by atoms with E-state index in [1.165, 1.54) is 4.90 Å². The Morgan fingerprint density at radius 2 is 1.91 bits per heavy atom. The average molecular weight is 313 g/mol. The van der Waals surface area contributed by atoms with E-state index in [-0.39, 0.29) is 6.10 Å². The molecule has 2 unspecified atom stereocenters. The molecule has 120 valence electrons. The number of fused-ring (bicyclic) bond motifs is 1. The van der Waals surface area contributed by atoms with Gasteiger partial charge in [-0.1, -0.05) is 12.1 Å². The molecule has 0 spiro atoms. The van der Waals surface area contributed by atoms with Crippen LogP contribution in [0.1, 0.15) is 12.8 Å². The van der Waals surface area contributed by atoms with Crippen LogP contribution in [0.4, 0.5) is 4.79 Å². The van der Waals surface area contributed by atoms with Crippen molar-refractivity contribution in [2.24, 2.45) is 11.8 Å². The average Bonchev–Trinajstić information content (AvgIpc) is 3.23. The third-order valence-electron chi connectivity index (χ3n) is 4.89. The second kappa shape index (κ2) is 5.61. The van der Waals surface area contributed by atoms with Gasteiger partial charge in [0, 0.05) is 25.5 Å². The smallest absolute Gasteiger partial charge is 0.407 e. The van der Waals surface area contributed by atoms with Crippen LogP contribution in [0.25, 0.3) is 5.69 Å². The van der Waals surface area contributed by atoms with Gasteiger partial charge in [0.2, 0.25) is 0 Å². The molecule has 1 N–H and O–H groups in total. The zero-order valence-electron chi connectivity index (χ0n) is 12.7. The Bertz CT molecular complexity index is 687. The zero-order valence-corrected chi connectivity index (χ0v) is 12.7. The number of carboxylic acid groups (broad SMARTS) is 1. The Morgan fingerprint density at radius 3 is 2.57 bits per heavy atom. The number of rotatable bonds is 3. The lowest BCUT2D eigenvalue weighted by Gasteiger charge is -2.19. The maximum absolute atomic E-state index is 11.1. The van der Waals surface area contributed by atoms with Crippen LogP contribution in [-0.4, -0.2) is 45.1 Å². The highest BCUT2D eigenvalue weighted by molar-refractivity contribution is 5.65. The first kappa shape index (κ1) is 14.1. The molecule has 23 heavy (non-hydrogen) atoms. The monoisotopic (exact) mass is 313 g/mol. The van der Waals surface area contributed by atoms with Crippen LogP contribution in [0.5, 0.6) is 5.75 Å². The summed E-state index contributed by atoms with van der Waals surface area (Å²) in [6, 6.07) is 9.78. The number of aromatic nitrogens is 2. The minimum Gasteiger partial charge on any atom is -0.488 e.